The van der Waals surface area contributed by atoms with Crippen molar-refractivity contribution < 1.29 is 19.3 Å². The predicted octanol–water partition coefficient (Wildman–Crippen LogP) is -0.286. The molecule has 0 aliphatic rings. The zero-order chi connectivity index (χ0) is 18.2. The van der Waals surface area contributed by atoms with Crippen molar-refractivity contribution in [3.05, 3.63) is 34.7 Å². The van der Waals surface area contributed by atoms with Crippen LogP contribution in [0.4, 0.5) is 11.5 Å². The second-order valence-electron chi connectivity index (χ2n) is 5.14. The van der Waals surface area contributed by atoms with Crippen molar-refractivity contribution in [2.24, 2.45) is 7.05 Å². The van der Waals surface area contributed by atoms with E-state index in [2.05, 4.69) is 10.3 Å². The number of hydrogen-bond donors (Lipinski definition) is 2. The Morgan fingerprint density at radius 2 is 2.08 bits per heavy atom. The molecule has 2 rings (SSSR count). The Hall–Kier alpha value is -2.52. The Morgan fingerprint density at radius 3 is 2.80 bits per heavy atom. The first-order chi connectivity index (χ1) is 12.0. The summed E-state index contributed by atoms with van der Waals surface area (Å²) in [6.45, 7) is 0.652. The summed E-state index contributed by atoms with van der Waals surface area (Å²) in [7, 11) is 8.95. The average Bonchev–Trinajstić information content (AvgIpc) is 2.58. The first-order valence-corrected chi connectivity index (χ1v) is 7.64. The largest absolute Gasteiger partial charge is 0.486 e. The summed E-state index contributed by atoms with van der Waals surface area (Å²) in [4.78, 5) is 16.5. The molecule has 0 fully saturated rings. The van der Waals surface area contributed by atoms with Crippen molar-refractivity contribution >= 4 is 24.8 Å². The quantitative estimate of drug-likeness (QED) is 0.477. The molecule has 8 nitrogen and oxygen atoms in total. The summed E-state index contributed by atoms with van der Waals surface area (Å²) in [6, 6.07) is 4.81. The van der Waals surface area contributed by atoms with Crippen LogP contribution in [0.2, 0.25) is 0 Å². The number of nitrogens with zero attached hydrogens (tertiary/aromatic N) is 2. The van der Waals surface area contributed by atoms with Gasteiger partial charge in [-0.2, -0.15) is 4.98 Å². The van der Waals surface area contributed by atoms with Crippen LogP contribution in [0, 0.1) is 0 Å². The summed E-state index contributed by atoms with van der Waals surface area (Å²) in [5, 5.41) is 11.8. The summed E-state index contributed by atoms with van der Waals surface area (Å²) >= 11 is 0. The molecule has 2 aromatic heterocycles. The third-order valence-electron chi connectivity index (χ3n) is 3.17. The average molecular weight is 345 g/mol. The van der Waals surface area contributed by atoms with Crippen LogP contribution in [0.1, 0.15) is 0 Å². The van der Waals surface area contributed by atoms with E-state index in [1.165, 1.54) is 16.8 Å². The molecular formula is C16H20BN3O5. The summed E-state index contributed by atoms with van der Waals surface area (Å²) in [6.07, 6.45) is 1.53. The molecule has 0 aromatic carbocycles. The molecule has 2 radical (unpaired) electrons. The van der Waals surface area contributed by atoms with Gasteiger partial charge in [-0.3, -0.25) is 4.79 Å². The number of anilines is 2. The highest BCUT2D eigenvalue weighted by molar-refractivity contribution is 6.32. The Kier molecular flexibility index (Phi) is 6.85. The van der Waals surface area contributed by atoms with Gasteiger partial charge in [0.25, 0.3) is 11.4 Å². The monoisotopic (exact) mass is 345 g/mol. The summed E-state index contributed by atoms with van der Waals surface area (Å²) < 4.78 is 17.3. The van der Waals surface area contributed by atoms with Gasteiger partial charge in [0.15, 0.2) is 5.75 Å². The number of aliphatic hydroxyl groups excluding tert-OH is 1. The molecule has 25 heavy (non-hydrogen) atoms. The topological polar surface area (TPSA) is 94.8 Å². The molecule has 0 aliphatic carbocycles. The van der Waals surface area contributed by atoms with Crippen molar-refractivity contribution in [1.82, 2.24) is 9.55 Å². The number of pyridine rings is 2. The van der Waals surface area contributed by atoms with E-state index in [1.807, 2.05) is 0 Å². The molecule has 132 valence electrons. The summed E-state index contributed by atoms with van der Waals surface area (Å²) in [5.74, 6) is 1.01. The van der Waals surface area contributed by atoms with Gasteiger partial charge in [-0.05, 0) is 24.4 Å². The fourth-order valence-electron chi connectivity index (χ4n) is 2.05. The maximum absolute atomic E-state index is 12.1. The van der Waals surface area contributed by atoms with Gasteiger partial charge < -0.3 is 29.2 Å². The third-order valence-corrected chi connectivity index (χ3v) is 3.17. The minimum atomic E-state index is -0.238. The van der Waals surface area contributed by atoms with Crippen molar-refractivity contribution in [3.8, 4) is 11.6 Å². The Balaban J connectivity index is 2.26. The summed E-state index contributed by atoms with van der Waals surface area (Å²) in [5.41, 5.74) is 0.504. The second kappa shape index (κ2) is 9.09. The Labute approximate surface area is 146 Å². The van der Waals surface area contributed by atoms with Crippen LogP contribution in [0.5, 0.6) is 11.6 Å². The highest BCUT2D eigenvalue weighted by Crippen LogP contribution is 2.27. The molecule has 2 heterocycles. The molecule has 0 aliphatic heterocycles. The van der Waals surface area contributed by atoms with Crippen LogP contribution in [0.25, 0.3) is 0 Å². The van der Waals surface area contributed by atoms with Crippen molar-refractivity contribution in [1.29, 1.82) is 0 Å². The Morgan fingerprint density at radius 1 is 1.28 bits per heavy atom. The van der Waals surface area contributed by atoms with Gasteiger partial charge in [-0.15, -0.1) is 0 Å². The van der Waals surface area contributed by atoms with Gasteiger partial charge in [-0.1, -0.05) is 5.46 Å². The second-order valence-corrected chi connectivity index (χ2v) is 5.14. The van der Waals surface area contributed by atoms with E-state index >= 15 is 0 Å². The van der Waals surface area contributed by atoms with Crippen LogP contribution in [-0.2, 0) is 11.8 Å². The lowest BCUT2D eigenvalue weighted by Crippen LogP contribution is -2.24. The van der Waals surface area contributed by atoms with Gasteiger partial charge in [0.2, 0.25) is 0 Å². The van der Waals surface area contributed by atoms with Crippen LogP contribution in [0.3, 0.4) is 0 Å². The minimum Gasteiger partial charge on any atom is -0.486 e. The molecule has 2 aromatic rings. The maximum Gasteiger partial charge on any atom is 0.273 e. The molecule has 0 spiro atoms. The number of ether oxygens (including phenoxy) is 3. The number of rotatable bonds is 9. The van der Waals surface area contributed by atoms with E-state index in [1.54, 1.807) is 26.3 Å². The predicted molar refractivity (Wildman–Crippen MR) is 94.5 cm³/mol. The smallest absolute Gasteiger partial charge is 0.273 e. The van der Waals surface area contributed by atoms with E-state index < -0.39 is 0 Å². The normalized spacial score (nSPS) is 10.5. The maximum atomic E-state index is 12.1. The van der Waals surface area contributed by atoms with E-state index in [9.17, 15) is 4.79 Å². The van der Waals surface area contributed by atoms with Crippen LogP contribution >= 0.6 is 0 Å². The van der Waals surface area contributed by atoms with E-state index in [0.717, 1.165) is 0 Å². The standard InChI is InChI=1S/C16H20BN3O5/c1-20-10-11(17)9-12(16(20)22)18-14-4-3-13(24-6-5-21)15(19-14)25-8-7-23-2/h3-4,9-10,21H,5-8H2,1-2H3,(H,18,19). The fraction of sp³-hybridized carbons (Fsp3) is 0.375. The first-order valence-electron chi connectivity index (χ1n) is 7.64. The lowest BCUT2D eigenvalue weighted by molar-refractivity contribution is 0.138. The number of aromatic nitrogens is 2. The highest BCUT2D eigenvalue weighted by Gasteiger charge is 2.11. The highest BCUT2D eigenvalue weighted by atomic mass is 16.5. The molecule has 0 bridgehead atoms. The fourth-order valence-corrected chi connectivity index (χ4v) is 2.05. The lowest BCUT2D eigenvalue weighted by atomic mass is 9.98. The lowest BCUT2D eigenvalue weighted by Gasteiger charge is -2.13. The SMILES string of the molecule is [B]c1cc(Nc2ccc(OCCO)c(OCCOC)n2)c(=O)n(C)c1. The number of aryl methyl sites for hydroxylation is 1. The molecule has 9 heteroatoms. The number of aliphatic hydroxyl groups is 1. The van der Waals surface area contributed by atoms with Gasteiger partial charge >= 0.3 is 0 Å². The van der Waals surface area contributed by atoms with Crippen LogP contribution in [0.15, 0.2) is 29.2 Å². The van der Waals surface area contributed by atoms with Crippen molar-refractivity contribution in [2.45, 2.75) is 0 Å². The number of methoxy groups -OCH3 is 1. The van der Waals surface area contributed by atoms with Crippen molar-refractivity contribution in [2.75, 3.05) is 38.9 Å². The zero-order valence-corrected chi connectivity index (χ0v) is 14.2. The number of nitrogens with one attached hydrogen (secondary N) is 1. The molecular weight excluding hydrogens is 325 g/mol. The van der Waals surface area contributed by atoms with Crippen LogP contribution in [-0.4, -0.2) is 56.0 Å². The van der Waals surface area contributed by atoms with Crippen molar-refractivity contribution in [3.63, 3.8) is 0 Å². The first kappa shape index (κ1) is 18.8. The molecule has 0 saturated carbocycles. The van der Waals surface area contributed by atoms with E-state index in [0.29, 0.717) is 29.3 Å². The minimum absolute atomic E-state index is 0.116. The van der Waals surface area contributed by atoms with E-state index in [4.69, 9.17) is 27.2 Å². The van der Waals surface area contributed by atoms with E-state index in [-0.39, 0.29) is 31.3 Å². The molecule has 0 amide bonds. The Bertz CT molecular complexity index is 766. The zero-order valence-electron chi connectivity index (χ0n) is 14.2. The molecule has 2 N–H and O–H groups in total. The molecule has 0 atom stereocenters. The third kappa shape index (κ3) is 5.23. The molecule has 0 saturated heterocycles. The van der Waals surface area contributed by atoms with Gasteiger partial charge in [-0.25, -0.2) is 0 Å². The van der Waals surface area contributed by atoms with Gasteiger partial charge in [0, 0.05) is 14.2 Å². The van der Waals surface area contributed by atoms with Crippen LogP contribution < -0.4 is 25.8 Å². The number of hydrogen-bond acceptors (Lipinski definition) is 7. The van der Waals surface area contributed by atoms with Gasteiger partial charge in [0.1, 0.15) is 32.6 Å². The molecule has 0 unspecified atom stereocenters. The van der Waals surface area contributed by atoms with Gasteiger partial charge in [0.05, 0.1) is 13.2 Å².